The quantitative estimate of drug-likeness (QED) is 0.797. The Morgan fingerprint density at radius 1 is 1.16 bits per heavy atom. The van der Waals surface area contributed by atoms with Crippen molar-refractivity contribution in [2.75, 3.05) is 33.9 Å². The molecule has 5 heteroatoms. The van der Waals surface area contributed by atoms with Crippen molar-refractivity contribution in [3.8, 4) is 0 Å². The molecule has 1 saturated carbocycles. The van der Waals surface area contributed by atoms with Crippen LogP contribution in [-0.4, -0.2) is 62.9 Å². The number of hydrogen-bond acceptors (Lipinski definition) is 4. The third-order valence-corrected chi connectivity index (χ3v) is 5.14. The van der Waals surface area contributed by atoms with E-state index in [9.17, 15) is 4.79 Å². The van der Waals surface area contributed by atoms with Crippen LogP contribution in [0, 0.1) is 11.8 Å². The van der Waals surface area contributed by atoms with E-state index < -0.39 is 0 Å². The van der Waals surface area contributed by atoms with Crippen molar-refractivity contribution in [1.29, 1.82) is 0 Å². The van der Waals surface area contributed by atoms with Gasteiger partial charge in [-0.1, -0.05) is 6.42 Å². The topological polar surface area (TPSA) is 50.8 Å². The lowest BCUT2D eigenvalue weighted by atomic mass is 9.93. The number of carbonyl (C=O) groups is 1. The number of amides is 1. The van der Waals surface area contributed by atoms with E-state index in [1.807, 2.05) is 4.90 Å². The minimum Gasteiger partial charge on any atom is -0.377 e. The Balaban J connectivity index is 1.65. The molecule has 1 amide bonds. The number of rotatable bonds is 3. The molecule has 1 N–H and O–H groups in total. The molecule has 0 radical (unpaired) electrons. The summed E-state index contributed by atoms with van der Waals surface area (Å²) in [5.74, 6) is 1.51. The molecule has 108 valence electrons. The number of fused-ring (bicyclic) bond motifs is 1. The van der Waals surface area contributed by atoms with E-state index in [-0.39, 0.29) is 24.2 Å². The van der Waals surface area contributed by atoms with Gasteiger partial charge in [-0.3, -0.25) is 4.79 Å². The van der Waals surface area contributed by atoms with E-state index in [1.54, 1.807) is 14.2 Å². The maximum atomic E-state index is 12.7. The smallest absolute Gasteiger partial charge is 0.240 e. The summed E-state index contributed by atoms with van der Waals surface area (Å²) in [7, 11) is 3.37. The van der Waals surface area contributed by atoms with Gasteiger partial charge in [0.2, 0.25) is 5.91 Å². The molecular weight excluding hydrogens is 244 g/mol. The van der Waals surface area contributed by atoms with Gasteiger partial charge in [0, 0.05) is 27.3 Å². The summed E-state index contributed by atoms with van der Waals surface area (Å²) in [6.45, 7) is 2.32. The molecule has 5 atom stereocenters. The van der Waals surface area contributed by atoms with E-state index >= 15 is 0 Å². The molecule has 1 aliphatic carbocycles. The molecule has 0 aromatic carbocycles. The van der Waals surface area contributed by atoms with Gasteiger partial charge in [0.1, 0.15) is 12.2 Å². The summed E-state index contributed by atoms with van der Waals surface area (Å²) in [5.41, 5.74) is 0. The Hall–Kier alpha value is -0.650. The minimum absolute atomic E-state index is 0.00901. The third kappa shape index (κ3) is 2.28. The number of carbonyl (C=O) groups excluding carboxylic acids is 1. The van der Waals surface area contributed by atoms with Crippen molar-refractivity contribution in [3.63, 3.8) is 0 Å². The zero-order valence-corrected chi connectivity index (χ0v) is 11.8. The number of ether oxygens (including phenoxy) is 2. The van der Waals surface area contributed by atoms with Gasteiger partial charge in [-0.25, -0.2) is 0 Å². The molecule has 5 unspecified atom stereocenters. The van der Waals surface area contributed by atoms with Gasteiger partial charge in [0.25, 0.3) is 0 Å². The number of nitrogens with one attached hydrogen (secondary N) is 1. The van der Waals surface area contributed by atoms with Crippen molar-refractivity contribution < 1.29 is 14.3 Å². The Morgan fingerprint density at radius 3 is 2.47 bits per heavy atom. The van der Waals surface area contributed by atoms with Gasteiger partial charge in [0.05, 0.1) is 6.04 Å². The van der Waals surface area contributed by atoms with Gasteiger partial charge in [-0.15, -0.1) is 0 Å². The molecule has 3 rings (SSSR count). The van der Waals surface area contributed by atoms with Crippen molar-refractivity contribution in [3.05, 3.63) is 0 Å². The van der Waals surface area contributed by atoms with Crippen LogP contribution in [0.25, 0.3) is 0 Å². The fourth-order valence-electron chi connectivity index (χ4n) is 4.03. The van der Waals surface area contributed by atoms with E-state index in [0.29, 0.717) is 24.9 Å². The lowest BCUT2D eigenvalue weighted by Gasteiger charge is -2.24. The molecule has 0 aromatic heterocycles. The van der Waals surface area contributed by atoms with Crippen LogP contribution in [0.4, 0.5) is 0 Å². The first kappa shape index (κ1) is 13.3. The van der Waals surface area contributed by atoms with Crippen LogP contribution in [0.5, 0.6) is 0 Å². The molecule has 0 aromatic rings. The van der Waals surface area contributed by atoms with Crippen LogP contribution in [0.2, 0.25) is 0 Å². The first-order valence-corrected chi connectivity index (χ1v) is 7.32. The summed E-state index contributed by atoms with van der Waals surface area (Å²) in [6.07, 6.45) is 3.78. The average molecular weight is 268 g/mol. The summed E-state index contributed by atoms with van der Waals surface area (Å²) in [4.78, 5) is 14.6. The fraction of sp³-hybridized carbons (Fsp3) is 0.929. The maximum absolute atomic E-state index is 12.7. The molecule has 2 aliphatic heterocycles. The first-order chi connectivity index (χ1) is 9.24. The largest absolute Gasteiger partial charge is 0.377 e. The molecule has 0 bridgehead atoms. The van der Waals surface area contributed by atoms with E-state index in [1.165, 1.54) is 19.3 Å². The lowest BCUT2D eigenvalue weighted by molar-refractivity contribution is -0.133. The molecule has 19 heavy (non-hydrogen) atoms. The monoisotopic (exact) mass is 268 g/mol. The van der Waals surface area contributed by atoms with E-state index in [0.717, 1.165) is 6.54 Å². The SMILES string of the molecule is COC1CN(C(=O)C2NCC3CCCC32)CC1OC. The molecular formula is C14H24N2O3. The van der Waals surface area contributed by atoms with Crippen LogP contribution < -0.4 is 5.32 Å². The number of hydrogen-bond donors (Lipinski definition) is 1. The molecule has 3 fully saturated rings. The van der Waals surface area contributed by atoms with Crippen LogP contribution in [0.1, 0.15) is 19.3 Å². The molecule has 5 nitrogen and oxygen atoms in total. The summed E-state index contributed by atoms with van der Waals surface area (Å²) in [5, 5.41) is 3.43. The predicted octanol–water partition coefficient (Wildman–Crippen LogP) is 0.247. The van der Waals surface area contributed by atoms with Crippen LogP contribution in [0.15, 0.2) is 0 Å². The maximum Gasteiger partial charge on any atom is 0.240 e. The van der Waals surface area contributed by atoms with Crippen LogP contribution in [-0.2, 0) is 14.3 Å². The molecule has 0 spiro atoms. The standard InChI is InChI=1S/C14H24N2O3/c1-18-11-7-16(8-12(11)19-2)14(17)13-10-5-3-4-9(10)6-15-13/h9-13,15H,3-8H2,1-2H3. The number of likely N-dealkylation sites (tertiary alicyclic amines) is 1. The molecule has 2 saturated heterocycles. The Kier molecular flexibility index (Phi) is 3.78. The van der Waals surface area contributed by atoms with Gasteiger partial charge in [0.15, 0.2) is 0 Å². The second-order valence-electron chi connectivity index (χ2n) is 6.03. The molecule has 2 heterocycles. The van der Waals surface area contributed by atoms with Crippen LogP contribution in [0.3, 0.4) is 0 Å². The third-order valence-electron chi connectivity index (χ3n) is 5.14. The summed E-state index contributed by atoms with van der Waals surface area (Å²) < 4.78 is 10.8. The Morgan fingerprint density at radius 2 is 1.84 bits per heavy atom. The van der Waals surface area contributed by atoms with E-state index in [2.05, 4.69) is 5.32 Å². The summed E-state index contributed by atoms with van der Waals surface area (Å²) in [6, 6.07) is 0.0283. The van der Waals surface area contributed by atoms with Gasteiger partial charge in [-0.2, -0.15) is 0 Å². The van der Waals surface area contributed by atoms with Crippen molar-refractivity contribution in [2.24, 2.45) is 11.8 Å². The van der Waals surface area contributed by atoms with Gasteiger partial charge >= 0.3 is 0 Å². The van der Waals surface area contributed by atoms with Crippen molar-refractivity contribution >= 4 is 5.91 Å². The Labute approximate surface area is 114 Å². The normalized spacial score (nSPS) is 41.8. The highest BCUT2D eigenvalue weighted by Gasteiger charge is 2.46. The first-order valence-electron chi connectivity index (χ1n) is 7.32. The highest BCUT2D eigenvalue weighted by atomic mass is 16.5. The fourth-order valence-corrected chi connectivity index (χ4v) is 4.03. The molecule has 3 aliphatic rings. The van der Waals surface area contributed by atoms with Gasteiger partial charge in [-0.05, 0) is 31.2 Å². The van der Waals surface area contributed by atoms with E-state index in [4.69, 9.17) is 9.47 Å². The summed E-state index contributed by atoms with van der Waals surface area (Å²) >= 11 is 0. The lowest BCUT2D eigenvalue weighted by Crippen LogP contribution is -2.46. The number of methoxy groups -OCH3 is 2. The highest BCUT2D eigenvalue weighted by Crippen LogP contribution is 2.38. The second kappa shape index (κ2) is 5.38. The zero-order valence-electron chi connectivity index (χ0n) is 11.8. The average Bonchev–Trinajstić information content (AvgIpc) is 3.11. The van der Waals surface area contributed by atoms with Crippen LogP contribution >= 0.6 is 0 Å². The minimum atomic E-state index is 0.00901. The van der Waals surface area contributed by atoms with Crippen molar-refractivity contribution in [1.82, 2.24) is 10.2 Å². The van der Waals surface area contributed by atoms with Gasteiger partial charge < -0.3 is 19.7 Å². The zero-order chi connectivity index (χ0) is 13.4. The Bertz CT molecular complexity index is 338. The number of nitrogens with zero attached hydrogens (tertiary/aromatic N) is 1. The highest BCUT2D eigenvalue weighted by molar-refractivity contribution is 5.83. The second-order valence-corrected chi connectivity index (χ2v) is 6.03. The van der Waals surface area contributed by atoms with Crippen molar-refractivity contribution in [2.45, 2.75) is 37.5 Å². The predicted molar refractivity (Wildman–Crippen MR) is 70.8 cm³/mol.